The topological polar surface area (TPSA) is 47.3 Å². The zero-order valence-corrected chi connectivity index (χ0v) is 9.80. The third kappa shape index (κ3) is 2.71. The minimum atomic E-state index is 0.174. The van der Waals surface area contributed by atoms with Gasteiger partial charge in [0.1, 0.15) is 0 Å². The van der Waals surface area contributed by atoms with Gasteiger partial charge in [-0.15, -0.1) is 0 Å². The summed E-state index contributed by atoms with van der Waals surface area (Å²) in [5.41, 5.74) is 6.11. The Balaban J connectivity index is 1.89. The van der Waals surface area contributed by atoms with Crippen LogP contribution in [0.4, 0.5) is 0 Å². The van der Waals surface area contributed by atoms with Crippen LogP contribution in [0.2, 0.25) is 0 Å². The number of hydrogen-bond donors (Lipinski definition) is 2. The summed E-state index contributed by atoms with van der Waals surface area (Å²) in [6.07, 6.45) is 6.17. The van der Waals surface area contributed by atoms with E-state index in [0.717, 1.165) is 38.5 Å². The largest absolute Gasteiger partial charge is 0.381 e. The Kier molecular flexibility index (Phi) is 3.65. The average Bonchev–Trinajstić information content (AvgIpc) is 2.65. The molecule has 0 bridgehead atoms. The van der Waals surface area contributed by atoms with Gasteiger partial charge in [-0.25, -0.2) is 0 Å². The predicted octanol–water partition coefficient (Wildman–Crippen LogP) is 1.27. The molecule has 2 fully saturated rings. The van der Waals surface area contributed by atoms with E-state index in [-0.39, 0.29) is 5.54 Å². The van der Waals surface area contributed by atoms with Crippen molar-refractivity contribution >= 4 is 0 Å². The predicted molar refractivity (Wildman–Crippen MR) is 61.8 cm³/mol. The fourth-order valence-electron chi connectivity index (χ4n) is 2.94. The van der Waals surface area contributed by atoms with Gasteiger partial charge in [0.05, 0.1) is 0 Å². The van der Waals surface area contributed by atoms with Gasteiger partial charge in [-0.3, -0.25) is 0 Å². The maximum Gasteiger partial charge on any atom is 0.0484 e. The highest BCUT2D eigenvalue weighted by Crippen LogP contribution is 2.28. The molecule has 1 saturated carbocycles. The molecule has 3 N–H and O–H groups in total. The van der Waals surface area contributed by atoms with Crippen LogP contribution < -0.4 is 11.1 Å². The molecular weight excluding hydrogens is 188 g/mol. The lowest BCUT2D eigenvalue weighted by Crippen LogP contribution is -2.57. The maximum absolute atomic E-state index is 5.93. The fraction of sp³-hybridized carbons (Fsp3) is 1.00. The smallest absolute Gasteiger partial charge is 0.0484 e. The molecule has 0 aromatic carbocycles. The zero-order chi connectivity index (χ0) is 10.7. The molecule has 1 aliphatic carbocycles. The quantitative estimate of drug-likeness (QED) is 0.740. The van der Waals surface area contributed by atoms with Gasteiger partial charge in [-0.05, 0) is 38.0 Å². The molecule has 0 aromatic heterocycles. The van der Waals surface area contributed by atoms with Gasteiger partial charge in [-0.2, -0.15) is 0 Å². The molecule has 88 valence electrons. The van der Waals surface area contributed by atoms with E-state index in [1.807, 2.05) is 0 Å². The first-order chi connectivity index (χ1) is 7.24. The number of hydrogen-bond acceptors (Lipinski definition) is 3. The van der Waals surface area contributed by atoms with Gasteiger partial charge >= 0.3 is 0 Å². The fourth-order valence-corrected chi connectivity index (χ4v) is 2.94. The average molecular weight is 212 g/mol. The van der Waals surface area contributed by atoms with Crippen molar-refractivity contribution in [3.63, 3.8) is 0 Å². The van der Waals surface area contributed by atoms with Crippen LogP contribution in [0.3, 0.4) is 0 Å². The Morgan fingerprint density at radius 3 is 2.60 bits per heavy atom. The minimum Gasteiger partial charge on any atom is -0.381 e. The lowest BCUT2D eigenvalue weighted by atomic mass is 9.89. The zero-order valence-electron chi connectivity index (χ0n) is 9.80. The second-order valence-corrected chi connectivity index (χ2v) is 5.36. The first-order valence-electron chi connectivity index (χ1n) is 6.30. The molecule has 3 nitrogen and oxygen atoms in total. The van der Waals surface area contributed by atoms with Crippen LogP contribution in [0.5, 0.6) is 0 Å². The van der Waals surface area contributed by atoms with Crippen molar-refractivity contribution in [2.24, 2.45) is 11.7 Å². The first-order valence-corrected chi connectivity index (χ1v) is 6.30. The van der Waals surface area contributed by atoms with E-state index in [1.165, 1.54) is 19.3 Å². The molecule has 2 rings (SSSR count). The van der Waals surface area contributed by atoms with Gasteiger partial charge in [0.25, 0.3) is 0 Å². The van der Waals surface area contributed by atoms with E-state index in [1.54, 1.807) is 0 Å². The molecule has 2 aliphatic rings. The summed E-state index contributed by atoms with van der Waals surface area (Å²) in [6, 6.07) is 0.696. The molecule has 3 heteroatoms. The SMILES string of the molecule is CC1CCC(NC2(CN)CCOCC2)C1. The Hall–Kier alpha value is -0.120. The summed E-state index contributed by atoms with van der Waals surface area (Å²) in [5, 5.41) is 3.81. The molecular formula is C12H24N2O. The van der Waals surface area contributed by atoms with Crippen molar-refractivity contribution in [2.45, 2.75) is 50.6 Å². The third-order valence-electron chi connectivity index (χ3n) is 4.05. The van der Waals surface area contributed by atoms with E-state index >= 15 is 0 Å². The minimum absolute atomic E-state index is 0.174. The lowest BCUT2D eigenvalue weighted by molar-refractivity contribution is 0.0366. The van der Waals surface area contributed by atoms with Crippen molar-refractivity contribution in [3.05, 3.63) is 0 Å². The van der Waals surface area contributed by atoms with Crippen LogP contribution in [-0.4, -0.2) is 31.3 Å². The molecule has 1 aliphatic heterocycles. The van der Waals surface area contributed by atoms with Crippen molar-refractivity contribution in [2.75, 3.05) is 19.8 Å². The molecule has 2 atom stereocenters. The highest BCUT2D eigenvalue weighted by atomic mass is 16.5. The van der Waals surface area contributed by atoms with Crippen molar-refractivity contribution in [3.8, 4) is 0 Å². The lowest BCUT2D eigenvalue weighted by Gasteiger charge is -2.39. The van der Waals surface area contributed by atoms with E-state index in [4.69, 9.17) is 10.5 Å². The molecule has 0 radical (unpaired) electrons. The van der Waals surface area contributed by atoms with E-state index in [0.29, 0.717) is 6.04 Å². The van der Waals surface area contributed by atoms with Gasteiger partial charge in [0.2, 0.25) is 0 Å². The van der Waals surface area contributed by atoms with E-state index in [9.17, 15) is 0 Å². The van der Waals surface area contributed by atoms with E-state index < -0.39 is 0 Å². The summed E-state index contributed by atoms with van der Waals surface area (Å²) in [4.78, 5) is 0. The summed E-state index contributed by atoms with van der Waals surface area (Å²) in [6.45, 7) is 4.83. The second-order valence-electron chi connectivity index (χ2n) is 5.36. The van der Waals surface area contributed by atoms with Crippen LogP contribution in [-0.2, 0) is 4.74 Å². The standard InChI is InChI=1S/C12H24N2O/c1-10-2-3-11(8-10)14-12(9-13)4-6-15-7-5-12/h10-11,14H,2-9,13H2,1H3. The molecule has 0 aromatic rings. The summed E-state index contributed by atoms with van der Waals surface area (Å²) < 4.78 is 5.42. The van der Waals surface area contributed by atoms with Crippen molar-refractivity contribution < 1.29 is 4.74 Å². The van der Waals surface area contributed by atoms with Gasteiger partial charge in [0, 0.05) is 31.3 Å². The second kappa shape index (κ2) is 4.81. The molecule has 1 heterocycles. The monoisotopic (exact) mass is 212 g/mol. The van der Waals surface area contributed by atoms with Crippen LogP contribution in [0, 0.1) is 5.92 Å². The Morgan fingerprint density at radius 2 is 2.07 bits per heavy atom. The number of ether oxygens (including phenoxy) is 1. The molecule has 0 amide bonds. The summed E-state index contributed by atoms with van der Waals surface area (Å²) in [5.74, 6) is 0.886. The van der Waals surface area contributed by atoms with Gasteiger partial charge in [0.15, 0.2) is 0 Å². The van der Waals surface area contributed by atoms with Crippen molar-refractivity contribution in [1.29, 1.82) is 0 Å². The summed E-state index contributed by atoms with van der Waals surface area (Å²) >= 11 is 0. The van der Waals surface area contributed by atoms with Crippen LogP contribution in [0.1, 0.15) is 39.0 Å². The van der Waals surface area contributed by atoms with Crippen molar-refractivity contribution in [1.82, 2.24) is 5.32 Å². The van der Waals surface area contributed by atoms with Crippen LogP contribution in [0.25, 0.3) is 0 Å². The van der Waals surface area contributed by atoms with Crippen LogP contribution >= 0.6 is 0 Å². The maximum atomic E-state index is 5.93. The normalized spacial score (nSPS) is 35.6. The molecule has 15 heavy (non-hydrogen) atoms. The van der Waals surface area contributed by atoms with E-state index in [2.05, 4.69) is 12.2 Å². The first kappa shape index (κ1) is 11.4. The summed E-state index contributed by atoms with van der Waals surface area (Å²) in [7, 11) is 0. The van der Waals surface area contributed by atoms with Crippen LogP contribution in [0.15, 0.2) is 0 Å². The Morgan fingerprint density at radius 1 is 1.33 bits per heavy atom. The van der Waals surface area contributed by atoms with Gasteiger partial charge < -0.3 is 15.8 Å². The number of nitrogens with one attached hydrogen (secondary N) is 1. The Labute approximate surface area is 92.7 Å². The highest BCUT2D eigenvalue weighted by molar-refractivity contribution is 4.95. The van der Waals surface area contributed by atoms with Gasteiger partial charge in [-0.1, -0.05) is 6.92 Å². The molecule has 1 saturated heterocycles. The molecule has 0 spiro atoms. The highest BCUT2D eigenvalue weighted by Gasteiger charge is 2.34. The molecule has 2 unspecified atom stereocenters. The number of rotatable bonds is 3. The number of nitrogens with two attached hydrogens (primary N) is 1. The third-order valence-corrected chi connectivity index (χ3v) is 4.05. The Bertz CT molecular complexity index is 202.